The van der Waals surface area contributed by atoms with E-state index in [9.17, 15) is 9.90 Å². The first-order chi connectivity index (χ1) is 9.49. The third-order valence-electron chi connectivity index (χ3n) is 3.49. The maximum absolute atomic E-state index is 11.7. The van der Waals surface area contributed by atoms with E-state index in [1.54, 1.807) is 0 Å². The molecule has 1 atom stereocenters. The minimum Gasteiger partial charge on any atom is -0.481 e. The van der Waals surface area contributed by atoms with E-state index in [0.717, 1.165) is 26.7 Å². The maximum atomic E-state index is 11.7. The van der Waals surface area contributed by atoms with Crippen molar-refractivity contribution < 1.29 is 9.90 Å². The third kappa shape index (κ3) is 3.28. The molecule has 2 rings (SSSR count). The SMILES string of the molecule is Cc1ccc(C)c(C(Cc2ccccc2Br)C(=O)O)c1. The molecule has 0 aromatic heterocycles. The van der Waals surface area contributed by atoms with Gasteiger partial charge in [0.1, 0.15) is 0 Å². The summed E-state index contributed by atoms with van der Waals surface area (Å²) in [7, 11) is 0. The van der Waals surface area contributed by atoms with E-state index in [-0.39, 0.29) is 0 Å². The molecule has 0 spiro atoms. The Morgan fingerprint density at radius 3 is 2.55 bits per heavy atom. The average molecular weight is 333 g/mol. The molecule has 2 aromatic carbocycles. The zero-order valence-electron chi connectivity index (χ0n) is 11.6. The smallest absolute Gasteiger partial charge is 0.311 e. The van der Waals surface area contributed by atoms with Crippen LogP contribution in [0.25, 0.3) is 0 Å². The zero-order valence-corrected chi connectivity index (χ0v) is 13.1. The summed E-state index contributed by atoms with van der Waals surface area (Å²) in [4.78, 5) is 11.7. The second-order valence-corrected chi connectivity index (χ2v) is 5.90. The van der Waals surface area contributed by atoms with Crippen molar-refractivity contribution in [1.29, 1.82) is 0 Å². The van der Waals surface area contributed by atoms with Crippen molar-refractivity contribution in [2.75, 3.05) is 0 Å². The monoisotopic (exact) mass is 332 g/mol. The highest BCUT2D eigenvalue weighted by Crippen LogP contribution is 2.28. The van der Waals surface area contributed by atoms with Gasteiger partial charge in [0.25, 0.3) is 0 Å². The fourth-order valence-corrected chi connectivity index (χ4v) is 2.80. The van der Waals surface area contributed by atoms with Crippen LogP contribution in [0.3, 0.4) is 0 Å². The number of aliphatic carboxylic acids is 1. The quantitative estimate of drug-likeness (QED) is 0.896. The summed E-state index contributed by atoms with van der Waals surface area (Å²) >= 11 is 3.49. The van der Waals surface area contributed by atoms with Crippen molar-refractivity contribution in [2.24, 2.45) is 0 Å². The summed E-state index contributed by atoms with van der Waals surface area (Å²) in [6.45, 7) is 3.95. The molecule has 0 heterocycles. The number of hydrogen-bond acceptors (Lipinski definition) is 1. The van der Waals surface area contributed by atoms with Crippen LogP contribution in [0.4, 0.5) is 0 Å². The van der Waals surface area contributed by atoms with E-state index < -0.39 is 11.9 Å². The van der Waals surface area contributed by atoms with Crippen LogP contribution in [-0.4, -0.2) is 11.1 Å². The van der Waals surface area contributed by atoms with Gasteiger partial charge in [0, 0.05) is 4.47 Å². The van der Waals surface area contributed by atoms with Gasteiger partial charge in [-0.1, -0.05) is 57.9 Å². The molecule has 0 radical (unpaired) electrons. The largest absolute Gasteiger partial charge is 0.481 e. The van der Waals surface area contributed by atoms with Gasteiger partial charge in [0.05, 0.1) is 5.92 Å². The van der Waals surface area contributed by atoms with Crippen LogP contribution >= 0.6 is 15.9 Å². The number of benzene rings is 2. The van der Waals surface area contributed by atoms with Gasteiger partial charge in [-0.05, 0) is 43.0 Å². The minimum absolute atomic E-state index is 0.487. The van der Waals surface area contributed by atoms with Crippen LogP contribution in [0.5, 0.6) is 0 Å². The molecule has 0 aliphatic rings. The molecular formula is C17H17BrO2. The molecule has 0 bridgehead atoms. The Kier molecular flexibility index (Phi) is 4.61. The molecule has 1 N–H and O–H groups in total. The predicted octanol–water partition coefficient (Wildman–Crippen LogP) is 4.48. The highest BCUT2D eigenvalue weighted by atomic mass is 79.9. The van der Waals surface area contributed by atoms with Crippen molar-refractivity contribution in [3.8, 4) is 0 Å². The highest BCUT2D eigenvalue weighted by Gasteiger charge is 2.23. The van der Waals surface area contributed by atoms with Crippen LogP contribution in [0.1, 0.15) is 28.2 Å². The van der Waals surface area contributed by atoms with Gasteiger partial charge in [-0.2, -0.15) is 0 Å². The molecule has 104 valence electrons. The molecule has 2 aromatic rings. The summed E-state index contributed by atoms with van der Waals surface area (Å²) < 4.78 is 0.955. The Morgan fingerprint density at radius 2 is 1.90 bits per heavy atom. The normalized spacial score (nSPS) is 12.2. The molecule has 0 fully saturated rings. The van der Waals surface area contributed by atoms with Crippen LogP contribution in [0.15, 0.2) is 46.9 Å². The summed E-state index contributed by atoms with van der Waals surface area (Å²) in [5.41, 5.74) is 4.02. The van der Waals surface area contributed by atoms with Crippen LogP contribution < -0.4 is 0 Å². The lowest BCUT2D eigenvalue weighted by Crippen LogP contribution is -2.16. The fourth-order valence-electron chi connectivity index (χ4n) is 2.35. The fraction of sp³-hybridized carbons (Fsp3) is 0.235. The Labute approximate surface area is 127 Å². The van der Waals surface area contributed by atoms with Gasteiger partial charge in [-0.15, -0.1) is 0 Å². The van der Waals surface area contributed by atoms with Crippen LogP contribution in [-0.2, 0) is 11.2 Å². The topological polar surface area (TPSA) is 37.3 Å². The predicted molar refractivity (Wildman–Crippen MR) is 84.1 cm³/mol. The Balaban J connectivity index is 2.40. The van der Waals surface area contributed by atoms with Gasteiger partial charge in [0.15, 0.2) is 0 Å². The number of rotatable bonds is 4. The summed E-state index contributed by atoms with van der Waals surface area (Å²) in [5.74, 6) is -1.30. The molecule has 0 saturated heterocycles. The molecule has 2 nitrogen and oxygen atoms in total. The lowest BCUT2D eigenvalue weighted by Gasteiger charge is -2.17. The molecular weight excluding hydrogens is 316 g/mol. The van der Waals surface area contributed by atoms with E-state index in [1.807, 2.05) is 56.3 Å². The van der Waals surface area contributed by atoms with E-state index in [1.165, 1.54) is 0 Å². The van der Waals surface area contributed by atoms with Gasteiger partial charge in [-0.25, -0.2) is 0 Å². The first-order valence-electron chi connectivity index (χ1n) is 6.52. The highest BCUT2D eigenvalue weighted by molar-refractivity contribution is 9.10. The number of carboxylic acids is 1. The minimum atomic E-state index is -0.783. The van der Waals surface area contributed by atoms with Crippen LogP contribution in [0.2, 0.25) is 0 Å². The number of carboxylic acid groups (broad SMARTS) is 1. The van der Waals surface area contributed by atoms with Gasteiger partial charge < -0.3 is 5.11 Å². The molecule has 20 heavy (non-hydrogen) atoms. The first kappa shape index (κ1) is 14.8. The van der Waals surface area contributed by atoms with Gasteiger partial charge in [0.2, 0.25) is 0 Å². The number of aryl methyl sites for hydroxylation is 2. The van der Waals surface area contributed by atoms with Crippen molar-refractivity contribution >= 4 is 21.9 Å². The zero-order chi connectivity index (χ0) is 14.7. The van der Waals surface area contributed by atoms with E-state index in [2.05, 4.69) is 15.9 Å². The first-order valence-corrected chi connectivity index (χ1v) is 7.31. The number of carbonyl (C=O) groups is 1. The molecule has 1 unspecified atom stereocenters. The molecule has 0 amide bonds. The second kappa shape index (κ2) is 6.23. The molecule has 0 aliphatic carbocycles. The Morgan fingerprint density at radius 1 is 1.20 bits per heavy atom. The lowest BCUT2D eigenvalue weighted by atomic mass is 9.88. The van der Waals surface area contributed by atoms with Crippen LogP contribution in [0, 0.1) is 13.8 Å². The summed E-state index contributed by atoms with van der Waals surface area (Å²) in [6.07, 6.45) is 0.487. The molecule has 3 heteroatoms. The van der Waals surface area contributed by atoms with Gasteiger partial charge in [-0.3, -0.25) is 4.79 Å². The molecule has 0 saturated carbocycles. The average Bonchev–Trinajstić information content (AvgIpc) is 2.40. The van der Waals surface area contributed by atoms with Gasteiger partial charge >= 0.3 is 5.97 Å². The third-order valence-corrected chi connectivity index (χ3v) is 4.26. The Hall–Kier alpha value is -1.61. The van der Waals surface area contributed by atoms with Crippen molar-refractivity contribution in [3.05, 3.63) is 69.2 Å². The van der Waals surface area contributed by atoms with Crippen molar-refractivity contribution in [3.63, 3.8) is 0 Å². The molecule has 0 aliphatic heterocycles. The Bertz CT molecular complexity index is 635. The standard InChI is InChI=1S/C17H17BrO2/c1-11-7-8-12(2)14(9-11)15(17(19)20)10-13-5-3-4-6-16(13)18/h3-9,15H,10H2,1-2H3,(H,19,20). The van der Waals surface area contributed by atoms with E-state index in [4.69, 9.17) is 0 Å². The van der Waals surface area contributed by atoms with Crippen molar-refractivity contribution in [1.82, 2.24) is 0 Å². The number of hydrogen-bond donors (Lipinski definition) is 1. The second-order valence-electron chi connectivity index (χ2n) is 5.05. The lowest BCUT2D eigenvalue weighted by molar-refractivity contribution is -0.138. The summed E-state index contributed by atoms with van der Waals surface area (Å²) in [5, 5.41) is 9.58. The maximum Gasteiger partial charge on any atom is 0.311 e. The number of halogens is 1. The van der Waals surface area contributed by atoms with Crippen molar-refractivity contribution in [2.45, 2.75) is 26.2 Å². The van der Waals surface area contributed by atoms with E-state index in [0.29, 0.717) is 6.42 Å². The summed E-state index contributed by atoms with van der Waals surface area (Å²) in [6, 6.07) is 13.7. The van der Waals surface area contributed by atoms with E-state index >= 15 is 0 Å².